The second-order valence-corrected chi connectivity index (χ2v) is 14.7. The molecule has 5 aliphatic rings. The zero-order chi connectivity index (χ0) is 24.2. The Hall–Kier alpha value is -1.09. The van der Waals surface area contributed by atoms with Crippen molar-refractivity contribution < 1.29 is 15.0 Å². The van der Waals surface area contributed by atoms with Crippen LogP contribution in [0.1, 0.15) is 106 Å². The maximum absolute atomic E-state index is 12.7. The average molecular weight is 455 g/mol. The summed E-state index contributed by atoms with van der Waals surface area (Å²) in [7, 11) is 0. The normalized spacial score (nSPS) is 50.0. The number of aliphatic hydroxyl groups is 1. The molecular weight excluding hydrogens is 408 g/mol. The SMILES string of the molecule is CC1(C)CC[C@]2(C(=O)O)CC[C@]3(C)C(=C2C1)C=CC1[C@@]2(C)CC[C@@H](O)C(C)(C)C2CC[C@]13C. The van der Waals surface area contributed by atoms with E-state index >= 15 is 0 Å². The van der Waals surface area contributed by atoms with Crippen molar-refractivity contribution in [1.82, 2.24) is 0 Å². The number of aliphatic carboxylic acids is 1. The topological polar surface area (TPSA) is 57.5 Å². The van der Waals surface area contributed by atoms with E-state index in [1.807, 2.05) is 0 Å². The summed E-state index contributed by atoms with van der Waals surface area (Å²) in [5, 5.41) is 21.3. The van der Waals surface area contributed by atoms with Gasteiger partial charge in [0, 0.05) is 0 Å². The first-order valence-electron chi connectivity index (χ1n) is 13.5. The molecule has 0 saturated heterocycles. The van der Waals surface area contributed by atoms with Gasteiger partial charge in [-0.25, -0.2) is 0 Å². The van der Waals surface area contributed by atoms with Gasteiger partial charge in [-0.15, -0.1) is 0 Å². The van der Waals surface area contributed by atoms with Gasteiger partial charge in [0.15, 0.2) is 0 Å². The van der Waals surface area contributed by atoms with Gasteiger partial charge in [-0.3, -0.25) is 4.79 Å². The maximum atomic E-state index is 12.7. The van der Waals surface area contributed by atoms with Gasteiger partial charge in [0.2, 0.25) is 0 Å². The molecule has 184 valence electrons. The molecule has 0 aliphatic heterocycles. The van der Waals surface area contributed by atoms with Gasteiger partial charge in [-0.1, -0.05) is 60.6 Å². The molecule has 5 rings (SSSR count). The summed E-state index contributed by atoms with van der Waals surface area (Å²) in [5.41, 5.74) is 2.40. The predicted octanol–water partition coefficient (Wildman–Crippen LogP) is 7.15. The molecule has 5 aliphatic carbocycles. The van der Waals surface area contributed by atoms with Gasteiger partial charge in [-0.2, -0.15) is 0 Å². The molecule has 0 heterocycles. The number of aliphatic hydroxyl groups excluding tert-OH is 1. The number of hydrogen-bond donors (Lipinski definition) is 2. The summed E-state index contributed by atoms with van der Waals surface area (Å²) in [6.07, 6.45) is 13.4. The van der Waals surface area contributed by atoms with Crippen LogP contribution in [0.15, 0.2) is 23.3 Å². The molecule has 0 aromatic rings. The third-order valence-electron chi connectivity index (χ3n) is 12.4. The molecule has 0 aromatic heterocycles. The minimum Gasteiger partial charge on any atom is -0.481 e. The van der Waals surface area contributed by atoms with Crippen LogP contribution in [-0.4, -0.2) is 22.3 Å². The van der Waals surface area contributed by atoms with E-state index in [1.165, 1.54) is 11.1 Å². The molecule has 3 saturated carbocycles. The highest BCUT2D eigenvalue weighted by atomic mass is 16.4. The highest BCUT2D eigenvalue weighted by Crippen LogP contribution is 2.74. The van der Waals surface area contributed by atoms with Crippen LogP contribution in [0.5, 0.6) is 0 Å². The number of hydrogen-bond acceptors (Lipinski definition) is 2. The lowest BCUT2D eigenvalue weighted by atomic mass is 9.35. The van der Waals surface area contributed by atoms with Crippen LogP contribution in [0.3, 0.4) is 0 Å². The molecule has 0 amide bonds. The molecular formula is C30H46O3. The fourth-order valence-electron chi connectivity index (χ4n) is 9.94. The van der Waals surface area contributed by atoms with Gasteiger partial charge >= 0.3 is 5.97 Å². The van der Waals surface area contributed by atoms with Crippen molar-refractivity contribution >= 4 is 5.97 Å². The van der Waals surface area contributed by atoms with E-state index in [0.29, 0.717) is 11.8 Å². The number of carbonyl (C=O) groups is 1. The fraction of sp³-hybridized carbons (Fsp3) is 0.833. The summed E-state index contributed by atoms with van der Waals surface area (Å²) in [6.45, 7) is 16.7. The van der Waals surface area contributed by atoms with Crippen molar-refractivity contribution in [2.24, 2.45) is 44.3 Å². The zero-order valence-corrected chi connectivity index (χ0v) is 22.1. The molecule has 3 heteroatoms. The van der Waals surface area contributed by atoms with Crippen LogP contribution in [-0.2, 0) is 4.79 Å². The summed E-state index contributed by atoms with van der Waals surface area (Å²) in [4.78, 5) is 12.7. The lowest BCUT2D eigenvalue weighted by Crippen LogP contribution is -2.63. The Kier molecular flexibility index (Phi) is 4.85. The van der Waals surface area contributed by atoms with E-state index in [2.05, 4.69) is 60.6 Å². The largest absolute Gasteiger partial charge is 0.481 e. The molecule has 2 N–H and O–H groups in total. The van der Waals surface area contributed by atoms with Crippen LogP contribution in [0.25, 0.3) is 0 Å². The predicted molar refractivity (Wildman–Crippen MR) is 133 cm³/mol. The van der Waals surface area contributed by atoms with E-state index in [-0.39, 0.29) is 33.2 Å². The monoisotopic (exact) mass is 454 g/mol. The highest BCUT2D eigenvalue weighted by molar-refractivity contribution is 5.80. The van der Waals surface area contributed by atoms with Crippen LogP contribution >= 0.6 is 0 Å². The number of rotatable bonds is 1. The van der Waals surface area contributed by atoms with Crippen molar-refractivity contribution in [2.75, 3.05) is 0 Å². The molecule has 33 heavy (non-hydrogen) atoms. The van der Waals surface area contributed by atoms with E-state index in [4.69, 9.17) is 0 Å². The molecule has 2 unspecified atom stereocenters. The number of carboxylic acid groups (broad SMARTS) is 1. The van der Waals surface area contributed by atoms with E-state index < -0.39 is 11.4 Å². The van der Waals surface area contributed by atoms with Gasteiger partial charge in [0.25, 0.3) is 0 Å². The molecule has 0 bridgehead atoms. The van der Waals surface area contributed by atoms with Crippen LogP contribution in [0.4, 0.5) is 0 Å². The third-order valence-corrected chi connectivity index (χ3v) is 12.4. The molecule has 0 spiro atoms. The van der Waals surface area contributed by atoms with Crippen LogP contribution in [0, 0.1) is 44.3 Å². The minimum absolute atomic E-state index is 0.0162. The van der Waals surface area contributed by atoms with Crippen molar-refractivity contribution in [3.05, 3.63) is 23.3 Å². The van der Waals surface area contributed by atoms with Gasteiger partial charge in [0.1, 0.15) is 0 Å². The second-order valence-electron chi connectivity index (χ2n) is 14.7. The maximum Gasteiger partial charge on any atom is 0.313 e. The van der Waals surface area contributed by atoms with E-state index in [9.17, 15) is 15.0 Å². The molecule has 3 nitrogen and oxygen atoms in total. The number of allylic oxidation sites excluding steroid dienone is 3. The Morgan fingerprint density at radius 3 is 2.24 bits per heavy atom. The summed E-state index contributed by atoms with van der Waals surface area (Å²) in [5.74, 6) is 0.394. The Morgan fingerprint density at radius 1 is 0.909 bits per heavy atom. The van der Waals surface area contributed by atoms with Crippen LogP contribution in [0.2, 0.25) is 0 Å². The average Bonchev–Trinajstić information content (AvgIpc) is 2.71. The van der Waals surface area contributed by atoms with Gasteiger partial charge in [0.05, 0.1) is 11.5 Å². The van der Waals surface area contributed by atoms with Crippen molar-refractivity contribution in [3.63, 3.8) is 0 Å². The molecule has 7 atom stereocenters. The number of carboxylic acids is 1. The Morgan fingerprint density at radius 2 is 1.58 bits per heavy atom. The molecule has 3 fully saturated rings. The first-order chi connectivity index (χ1) is 15.1. The third kappa shape index (κ3) is 2.81. The van der Waals surface area contributed by atoms with Crippen LogP contribution < -0.4 is 0 Å². The molecule has 0 aromatic carbocycles. The first-order valence-corrected chi connectivity index (χ1v) is 13.5. The highest BCUT2D eigenvalue weighted by Gasteiger charge is 2.67. The van der Waals surface area contributed by atoms with E-state index in [1.54, 1.807) is 0 Å². The fourth-order valence-corrected chi connectivity index (χ4v) is 9.94. The Labute approximate surface area is 201 Å². The van der Waals surface area contributed by atoms with Gasteiger partial charge in [-0.05, 0) is 108 Å². The summed E-state index contributed by atoms with van der Waals surface area (Å²) >= 11 is 0. The smallest absolute Gasteiger partial charge is 0.313 e. The van der Waals surface area contributed by atoms with Crippen molar-refractivity contribution in [1.29, 1.82) is 0 Å². The van der Waals surface area contributed by atoms with E-state index in [0.717, 1.165) is 57.8 Å². The lowest BCUT2D eigenvalue weighted by Gasteiger charge is -2.69. The zero-order valence-electron chi connectivity index (χ0n) is 22.1. The summed E-state index contributed by atoms with van der Waals surface area (Å²) in [6, 6.07) is 0. The second kappa shape index (κ2) is 6.77. The van der Waals surface area contributed by atoms with Gasteiger partial charge < -0.3 is 10.2 Å². The standard InChI is InChI=1S/C30H46O3/c1-25(2)14-16-30(24(32)33)17-15-28(6)19(20(30)18-25)8-9-22-27(5)12-11-23(31)26(3,4)21(27)10-13-29(22,28)7/h8-9,21-23,31H,10-18H2,1-7H3,(H,32,33)/t21?,22?,23-,27+,28-,29-,30+/m1/s1. The Balaban J connectivity index is 1.68. The first kappa shape index (κ1) is 23.6. The minimum atomic E-state index is -0.657. The summed E-state index contributed by atoms with van der Waals surface area (Å²) < 4.78 is 0. The Bertz CT molecular complexity index is 940. The van der Waals surface area contributed by atoms with Crippen molar-refractivity contribution in [2.45, 2.75) is 112 Å². The number of fused-ring (bicyclic) bond motifs is 6. The van der Waals surface area contributed by atoms with Crippen molar-refractivity contribution in [3.8, 4) is 0 Å². The molecule has 0 radical (unpaired) electrons. The quantitative estimate of drug-likeness (QED) is 0.442. The lowest BCUT2D eigenvalue weighted by molar-refractivity contribution is -0.183.